The SMILES string of the molecule is C=CC[NH+]1CCc2cc(OC)c(OC)cc2[C@H]1CNC(=O)CC(C)C. The van der Waals surface area contributed by atoms with E-state index in [1.54, 1.807) is 14.2 Å². The van der Waals surface area contributed by atoms with Crippen molar-refractivity contribution in [2.24, 2.45) is 5.92 Å². The van der Waals surface area contributed by atoms with Crippen LogP contribution < -0.4 is 19.7 Å². The average Bonchev–Trinajstić information content (AvgIpc) is 2.59. The highest BCUT2D eigenvalue weighted by molar-refractivity contribution is 5.76. The maximum absolute atomic E-state index is 12.1. The quantitative estimate of drug-likeness (QED) is 0.702. The predicted octanol–water partition coefficient (Wildman–Crippen LogP) is 1.53. The topological polar surface area (TPSA) is 52.0 Å². The van der Waals surface area contributed by atoms with E-state index in [0.29, 0.717) is 18.9 Å². The Kier molecular flexibility index (Phi) is 6.88. The number of hydrogen-bond donors (Lipinski definition) is 2. The number of ether oxygens (including phenoxy) is 2. The molecule has 1 aromatic carbocycles. The van der Waals surface area contributed by atoms with E-state index in [4.69, 9.17) is 9.47 Å². The highest BCUT2D eigenvalue weighted by atomic mass is 16.5. The molecular weight excluding hydrogens is 316 g/mol. The van der Waals surface area contributed by atoms with Crippen molar-refractivity contribution in [2.45, 2.75) is 32.7 Å². The van der Waals surface area contributed by atoms with Crippen LogP contribution >= 0.6 is 0 Å². The molecule has 2 atom stereocenters. The van der Waals surface area contributed by atoms with E-state index < -0.39 is 0 Å². The molecule has 1 heterocycles. The molecule has 1 aliphatic heterocycles. The molecule has 1 unspecified atom stereocenters. The van der Waals surface area contributed by atoms with Crippen LogP contribution in [0.1, 0.15) is 37.4 Å². The third-order valence-corrected chi connectivity index (χ3v) is 4.73. The third kappa shape index (κ3) is 4.75. The Morgan fingerprint density at radius 3 is 2.64 bits per heavy atom. The Labute approximate surface area is 151 Å². The van der Waals surface area contributed by atoms with E-state index in [-0.39, 0.29) is 11.9 Å². The van der Waals surface area contributed by atoms with Gasteiger partial charge in [-0.15, -0.1) is 0 Å². The van der Waals surface area contributed by atoms with Gasteiger partial charge in [-0.3, -0.25) is 4.79 Å². The third-order valence-electron chi connectivity index (χ3n) is 4.73. The summed E-state index contributed by atoms with van der Waals surface area (Å²) in [5.74, 6) is 1.97. The summed E-state index contributed by atoms with van der Waals surface area (Å²) in [5.41, 5.74) is 2.50. The Hall–Kier alpha value is -2.01. The van der Waals surface area contributed by atoms with Crippen molar-refractivity contribution in [3.8, 4) is 11.5 Å². The molecule has 1 amide bonds. The van der Waals surface area contributed by atoms with Crippen LogP contribution in [0, 0.1) is 5.92 Å². The molecule has 0 bridgehead atoms. The number of nitrogens with one attached hydrogen (secondary N) is 2. The second-order valence-electron chi connectivity index (χ2n) is 7.01. The van der Waals surface area contributed by atoms with Gasteiger partial charge in [0.25, 0.3) is 0 Å². The second kappa shape index (κ2) is 8.90. The second-order valence-corrected chi connectivity index (χ2v) is 7.01. The van der Waals surface area contributed by atoms with Gasteiger partial charge in [0.15, 0.2) is 11.5 Å². The zero-order valence-corrected chi connectivity index (χ0v) is 15.9. The van der Waals surface area contributed by atoms with Crippen LogP contribution in [-0.4, -0.2) is 39.8 Å². The van der Waals surface area contributed by atoms with Crippen LogP contribution in [0.15, 0.2) is 24.8 Å². The molecule has 1 aliphatic rings. The summed E-state index contributed by atoms with van der Waals surface area (Å²) < 4.78 is 10.9. The molecule has 0 spiro atoms. The first-order valence-corrected chi connectivity index (χ1v) is 8.97. The molecule has 0 aromatic heterocycles. The van der Waals surface area contributed by atoms with Gasteiger partial charge >= 0.3 is 0 Å². The minimum Gasteiger partial charge on any atom is -0.493 e. The van der Waals surface area contributed by atoms with Crippen LogP contribution in [-0.2, 0) is 11.2 Å². The average molecular weight is 347 g/mol. The van der Waals surface area contributed by atoms with Crippen molar-refractivity contribution in [2.75, 3.05) is 33.9 Å². The van der Waals surface area contributed by atoms with Gasteiger partial charge in [-0.1, -0.05) is 20.4 Å². The lowest BCUT2D eigenvalue weighted by atomic mass is 9.91. The molecule has 5 nitrogen and oxygen atoms in total. The van der Waals surface area contributed by atoms with Gasteiger partial charge in [-0.05, 0) is 29.7 Å². The van der Waals surface area contributed by atoms with Crippen molar-refractivity contribution in [1.82, 2.24) is 5.32 Å². The number of benzene rings is 1. The molecule has 2 rings (SSSR count). The molecule has 5 heteroatoms. The number of hydrogen-bond acceptors (Lipinski definition) is 3. The van der Waals surface area contributed by atoms with E-state index in [1.165, 1.54) is 16.0 Å². The zero-order valence-electron chi connectivity index (χ0n) is 15.9. The molecule has 0 saturated carbocycles. The van der Waals surface area contributed by atoms with Crippen molar-refractivity contribution in [3.63, 3.8) is 0 Å². The monoisotopic (exact) mass is 347 g/mol. The molecule has 0 fully saturated rings. The van der Waals surface area contributed by atoms with E-state index >= 15 is 0 Å². The highest BCUT2D eigenvalue weighted by Gasteiger charge is 2.32. The molecule has 0 radical (unpaired) electrons. The maximum Gasteiger partial charge on any atom is 0.220 e. The molecular formula is C20H31N2O3+. The number of rotatable bonds is 8. The number of carbonyl (C=O) groups is 1. The van der Waals surface area contributed by atoms with Gasteiger partial charge in [-0.25, -0.2) is 0 Å². The largest absolute Gasteiger partial charge is 0.493 e. The summed E-state index contributed by atoms with van der Waals surface area (Å²) in [6, 6.07) is 4.33. The number of carbonyl (C=O) groups excluding carboxylic acids is 1. The minimum absolute atomic E-state index is 0.112. The minimum atomic E-state index is 0.112. The molecule has 2 N–H and O–H groups in total. The molecule has 138 valence electrons. The fraction of sp³-hybridized carbons (Fsp3) is 0.550. The maximum atomic E-state index is 12.1. The normalized spacial score (nSPS) is 19.2. The van der Waals surface area contributed by atoms with Gasteiger partial charge in [0.2, 0.25) is 5.91 Å². The highest BCUT2D eigenvalue weighted by Crippen LogP contribution is 2.33. The number of amides is 1. The van der Waals surface area contributed by atoms with Gasteiger partial charge in [0, 0.05) is 18.4 Å². The van der Waals surface area contributed by atoms with E-state index in [2.05, 4.69) is 37.9 Å². The summed E-state index contributed by atoms with van der Waals surface area (Å²) in [5, 5.41) is 3.11. The lowest BCUT2D eigenvalue weighted by molar-refractivity contribution is -0.927. The Morgan fingerprint density at radius 1 is 1.36 bits per heavy atom. The van der Waals surface area contributed by atoms with E-state index in [1.807, 2.05) is 6.08 Å². The van der Waals surface area contributed by atoms with Crippen LogP contribution in [0.25, 0.3) is 0 Å². The van der Waals surface area contributed by atoms with Gasteiger partial charge in [0.1, 0.15) is 6.04 Å². The van der Waals surface area contributed by atoms with Crippen molar-refractivity contribution < 1.29 is 19.2 Å². The molecule has 0 saturated heterocycles. The van der Waals surface area contributed by atoms with Crippen LogP contribution in [0.4, 0.5) is 0 Å². The Morgan fingerprint density at radius 2 is 2.04 bits per heavy atom. The van der Waals surface area contributed by atoms with Crippen LogP contribution in [0.5, 0.6) is 11.5 Å². The molecule has 25 heavy (non-hydrogen) atoms. The van der Waals surface area contributed by atoms with E-state index in [0.717, 1.165) is 31.0 Å². The summed E-state index contributed by atoms with van der Waals surface area (Å²) >= 11 is 0. The Bertz CT molecular complexity index is 613. The van der Waals surface area contributed by atoms with Gasteiger partial charge in [-0.2, -0.15) is 0 Å². The van der Waals surface area contributed by atoms with Crippen molar-refractivity contribution >= 4 is 5.91 Å². The molecule has 1 aromatic rings. The van der Waals surface area contributed by atoms with Gasteiger partial charge < -0.3 is 19.7 Å². The fourth-order valence-electron chi connectivity index (χ4n) is 3.51. The number of quaternary nitrogens is 1. The number of fused-ring (bicyclic) bond motifs is 1. The number of methoxy groups -OCH3 is 2. The summed E-state index contributed by atoms with van der Waals surface area (Å²) in [6.07, 6.45) is 3.49. The van der Waals surface area contributed by atoms with E-state index in [9.17, 15) is 4.79 Å². The lowest BCUT2D eigenvalue weighted by Crippen LogP contribution is -3.13. The standard InChI is InChI=1S/C20H30N2O3/c1-6-8-22-9-7-15-11-18(24-4)19(25-5)12-16(15)17(22)13-21-20(23)10-14(2)3/h6,11-12,14,17H,1,7-10,13H2,2-5H3,(H,21,23)/p+1/t17-/m1/s1. The Balaban J connectivity index is 2.27. The smallest absolute Gasteiger partial charge is 0.220 e. The predicted molar refractivity (Wildman–Crippen MR) is 99.3 cm³/mol. The molecule has 0 aliphatic carbocycles. The lowest BCUT2D eigenvalue weighted by Gasteiger charge is -2.34. The first kappa shape index (κ1) is 19.3. The first-order chi connectivity index (χ1) is 12.0. The summed E-state index contributed by atoms with van der Waals surface area (Å²) in [6.45, 7) is 10.5. The van der Waals surface area contributed by atoms with Crippen molar-refractivity contribution in [3.05, 3.63) is 35.9 Å². The van der Waals surface area contributed by atoms with Crippen LogP contribution in [0.3, 0.4) is 0 Å². The van der Waals surface area contributed by atoms with Gasteiger partial charge in [0.05, 0.1) is 33.9 Å². The van der Waals surface area contributed by atoms with Crippen LogP contribution in [0.2, 0.25) is 0 Å². The summed E-state index contributed by atoms with van der Waals surface area (Å²) in [7, 11) is 3.31. The van der Waals surface area contributed by atoms with Crippen molar-refractivity contribution in [1.29, 1.82) is 0 Å². The zero-order chi connectivity index (χ0) is 18.4. The first-order valence-electron chi connectivity index (χ1n) is 8.97. The fourth-order valence-corrected chi connectivity index (χ4v) is 3.51. The summed E-state index contributed by atoms with van der Waals surface area (Å²) in [4.78, 5) is 13.5.